The Bertz CT molecular complexity index is 380. The van der Waals surface area contributed by atoms with Crippen molar-refractivity contribution in [1.82, 2.24) is 0 Å². The largest absolute Gasteiger partial charge is 0.313 e. The van der Waals surface area contributed by atoms with Gasteiger partial charge in [0.1, 0.15) is 0 Å². The average molecular weight is 204 g/mol. The fourth-order valence-electron chi connectivity index (χ4n) is 0.784. The van der Waals surface area contributed by atoms with Gasteiger partial charge in [0.05, 0.1) is 4.90 Å². The van der Waals surface area contributed by atoms with Gasteiger partial charge in [-0.05, 0) is 19.1 Å². The summed E-state index contributed by atoms with van der Waals surface area (Å²) < 4.78 is 32.4. The minimum Gasteiger partial charge on any atom is -0.313 e. The van der Waals surface area contributed by atoms with Crippen molar-refractivity contribution in [3.05, 3.63) is 29.8 Å². The maximum absolute atomic E-state index is 11.0. The molecule has 0 aromatic heterocycles. The van der Waals surface area contributed by atoms with Crippen LogP contribution in [0, 0.1) is 6.92 Å². The molecule has 0 aliphatic carbocycles. The van der Waals surface area contributed by atoms with Gasteiger partial charge in [0.25, 0.3) is 0 Å². The summed E-state index contributed by atoms with van der Waals surface area (Å²) >= 11 is 0. The summed E-state index contributed by atoms with van der Waals surface area (Å²) in [6, 6.07) is 6.30. The monoisotopic (exact) mass is 204 g/mol. The minimum absolute atomic E-state index is 0.137. The van der Waals surface area contributed by atoms with Gasteiger partial charge in [-0.3, -0.25) is 0 Å². The van der Waals surface area contributed by atoms with E-state index in [0.717, 1.165) is 5.56 Å². The van der Waals surface area contributed by atoms with Crippen molar-refractivity contribution >= 4 is 17.1 Å². The van der Waals surface area contributed by atoms with Crippen LogP contribution in [0.3, 0.4) is 0 Å². The van der Waals surface area contributed by atoms with Crippen LogP contribution in [0.2, 0.25) is 0 Å². The molecule has 3 nitrogen and oxygen atoms in total. The van der Waals surface area contributed by atoms with Crippen LogP contribution in [-0.4, -0.2) is 8.42 Å². The second-order valence-electron chi connectivity index (χ2n) is 2.45. The lowest BCUT2D eigenvalue weighted by molar-refractivity contribution is 0.588. The van der Waals surface area contributed by atoms with E-state index in [4.69, 9.17) is 0 Å². The summed E-state index contributed by atoms with van der Waals surface area (Å²) in [5.41, 5.74) is 0.981. The molecule has 0 bridgehead atoms. The summed E-state index contributed by atoms with van der Waals surface area (Å²) in [5.74, 6) is 0. The predicted molar refractivity (Wildman–Crippen MR) is 48.8 cm³/mol. The van der Waals surface area contributed by atoms with Crippen LogP contribution in [0.5, 0.6) is 0 Å². The Balaban J connectivity index is 3.23. The van der Waals surface area contributed by atoms with Crippen LogP contribution in [0.25, 0.3) is 0 Å². The topological polar surface area (TPSA) is 51.2 Å². The van der Waals surface area contributed by atoms with Gasteiger partial charge in [0, 0.05) is 0 Å². The third-order valence-electron chi connectivity index (χ3n) is 1.48. The number of hydrogen-bond acceptors (Lipinski definition) is 3. The Kier molecular flexibility index (Phi) is 2.70. The lowest BCUT2D eigenvalue weighted by Gasteiger charge is -1.96. The molecule has 0 amide bonds. The zero-order valence-electron chi connectivity index (χ0n) is 6.52. The zero-order valence-corrected chi connectivity index (χ0v) is 8.49. The molecule has 5 heteroatoms. The van der Waals surface area contributed by atoms with E-state index in [0.29, 0.717) is 0 Å². The molecule has 0 N–H and O–H groups in total. The minimum atomic E-state index is -3.49. The Morgan fingerprint density at radius 1 is 1.17 bits per heavy atom. The van der Waals surface area contributed by atoms with E-state index < -0.39 is 17.1 Å². The van der Waals surface area contributed by atoms with Gasteiger partial charge in [-0.2, -0.15) is 0 Å². The molecule has 0 aliphatic heterocycles. The second kappa shape index (κ2) is 3.42. The molecule has 0 fully saturated rings. The van der Waals surface area contributed by atoms with Crippen molar-refractivity contribution in [2.24, 2.45) is 0 Å². The van der Waals surface area contributed by atoms with Gasteiger partial charge >= 0.3 is 0 Å². The van der Waals surface area contributed by atoms with Crippen molar-refractivity contribution < 1.29 is 13.0 Å². The van der Waals surface area contributed by atoms with E-state index in [1.54, 1.807) is 12.1 Å². The van der Waals surface area contributed by atoms with Gasteiger partial charge in [-0.25, -0.2) is 8.42 Å². The number of hydrogen-bond donors (Lipinski definition) is 0. The van der Waals surface area contributed by atoms with Gasteiger partial charge in [-0.15, -0.1) is 0 Å². The van der Waals surface area contributed by atoms with E-state index >= 15 is 0 Å². The van der Waals surface area contributed by atoms with Crippen molar-refractivity contribution in [1.29, 1.82) is 0 Å². The van der Waals surface area contributed by atoms with Crippen LogP contribution in [0.1, 0.15) is 5.56 Å². The highest BCUT2D eigenvalue weighted by Gasteiger charge is 2.09. The maximum Gasteiger partial charge on any atom is 0.224 e. The van der Waals surface area contributed by atoms with Gasteiger partial charge < -0.3 is 4.57 Å². The number of rotatable bonds is 2. The van der Waals surface area contributed by atoms with Crippen LogP contribution >= 0.6 is 7.66 Å². The summed E-state index contributed by atoms with van der Waals surface area (Å²) in [6.45, 7) is 1.86. The summed E-state index contributed by atoms with van der Waals surface area (Å²) in [7, 11) is -5.27. The molecule has 12 heavy (non-hydrogen) atoms. The normalized spacial score (nSPS) is 12.4. The maximum atomic E-state index is 11.0. The molecule has 0 radical (unpaired) electrons. The fourth-order valence-corrected chi connectivity index (χ4v) is 2.21. The summed E-state index contributed by atoms with van der Waals surface area (Å²) in [4.78, 5) is 0.137. The number of benzene rings is 1. The predicted octanol–water partition coefficient (Wildman–Crippen LogP) is 1.44. The van der Waals surface area contributed by atoms with Crippen molar-refractivity contribution in [3.8, 4) is 0 Å². The third-order valence-corrected chi connectivity index (χ3v) is 4.24. The van der Waals surface area contributed by atoms with E-state index in [1.165, 1.54) is 12.1 Å². The standard InChI is InChI=1S/C7H9O3PS/c1-6-2-4-7(5-3-6)12(9,10)11-8/h2-5H,11H2,1H3. The Hall–Kier alpha value is -0.600. The first-order valence-electron chi connectivity index (χ1n) is 3.33. The van der Waals surface area contributed by atoms with Gasteiger partial charge in [0.15, 0.2) is 7.66 Å². The lowest BCUT2D eigenvalue weighted by Crippen LogP contribution is -1.89. The van der Waals surface area contributed by atoms with Crippen LogP contribution in [-0.2, 0) is 14.0 Å². The SMILES string of the molecule is Cc1ccc(S(=O)(=O)[PH2]=O)cc1. The van der Waals surface area contributed by atoms with Crippen LogP contribution < -0.4 is 0 Å². The Morgan fingerprint density at radius 2 is 1.67 bits per heavy atom. The highest BCUT2D eigenvalue weighted by Crippen LogP contribution is 2.20. The highest BCUT2D eigenvalue weighted by molar-refractivity contribution is 8.39. The molecule has 0 aliphatic rings. The van der Waals surface area contributed by atoms with Gasteiger partial charge in [0.2, 0.25) is 9.46 Å². The molecule has 1 aromatic rings. The van der Waals surface area contributed by atoms with E-state index in [1.807, 2.05) is 6.92 Å². The highest BCUT2D eigenvalue weighted by atomic mass is 32.7. The average Bonchev–Trinajstić information content (AvgIpc) is 2.05. The molecule has 1 atom stereocenters. The molecular weight excluding hydrogens is 195 g/mol. The first-order valence-corrected chi connectivity index (χ1v) is 6.76. The molecular formula is C7H9O3PS. The Labute approximate surface area is 72.3 Å². The first kappa shape index (κ1) is 9.49. The molecule has 1 aromatic carbocycles. The first-order chi connectivity index (χ1) is 5.56. The number of aryl methyl sites for hydroxylation is 1. The molecule has 0 saturated heterocycles. The zero-order chi connectivity index (χ0) is 9.19. The van der Waals surface area contributed by atoms with E-state index in [9.17, 15) is 13.0 Å². The van der Waals surface area contributed by atoms with E-state index in [2.05, 4.69) is 0 Å². The summed E-state index contributed by atoms with van der Waals surface area (Å²) in [6.07, 6.45) is 0. The molecule has 1 rings (SSSR count). The van der Waals surface area contributed by atoms with Crippen molar-refractivity contribution in [3.63, 3.8) is 0 Å². The van der Waals surface area contributed by atoms with Gasteiger partial charge in [-0.1, -0.05) is 17.7 Å². The molecule has 1 unspecified atom stereocenters. The Morgan fingerprint density at radius 3 is 2.08 bits per heavy atom. The molecule has 66 valence electrons. The van der Waals surface area contributed by atoms with Crippen molar-refractivity contribution in [2.45, 2.75) is 11.8 Å². The molecule has 0 heterocycles. The smallest absolute Gasteiger partial charge is 0.224 e. The van der Waals surface area contributed by atoms with Crippen LogP contribution in [0.4, 0.5) is 0 Å². The molecule has 0 saturated carbocycles. The summed E-state index contributed by atoms with van der Waals surface area (Å²) in [5, 5.41) is 0. The fraction of sp³-hybridized carbons (Fsp3) is 0.143. The third kappa shape index (κ3) is 1.96. The van der Waals surface area contributed by atoms with Crippen molar-refractivity contribution in [2.75, 3.05) is 0 Å². The molecule has 0 spiro atoms. The second-order valence-corrected chi connectivity index (χ2v) is 6.65. The van der Waals surface area contributed by atoms with Crippen LogP contribution in [0.15, 0.2) is 29.2 Å². The lowest BCUT2D eigenvalue weighted by atomic mass is 10.2. The quantitative estimate of drug-likeness (QED) is 0.685. The van der Waals surface area contributed by atoms with E-state index in [-0.39, 0.29) is 4.90 Å².